The zero-order chi connectivity index (χ0) is 13.0. The molecular formula is C16H19NO. The molecule has 0 saturated carbocycles. The number of hydrogen-bond acceptors (Lipinski definition) is 2. The fourth-order valence-electron chi connectivity index (χ4n) is 1.91. The fraction of sp³-hybridized carbons (Fsp3) is 0.250. The number of hydrogen-bond donors (Lipinski definition) is 1. The molecule has 0 aliphatic heterocycles. The number of rotatable bonds is 4. The van der Waals surface area contributed by atoms with Crippen LogP contribution in [0.1, 0.15) is 16.7 Å². The van der Waals surface area contributed by atoms with Crippen molar-refractivity contribution in [1.29, 1.82) is 0 Å². The second kappa shape index (κ2) is 5.58. The summed E-state index contributed by atoms with van der Waals surface area (Å²) in [4.78, 5) is 0. The first-order valence-corrected chi connectivity index (χ1v) is 6.13. The van der Waals surface area contributed by atoms with E-state index in [0.29, 0.717) is 0 Å². The van der Waals surface area contributed by atoms with Crippen molar-refractivity contribution in [2.24, 2.45) is 0 Å². The molecule has 2 nitrogen and oxygen atoms in total. The third-order valence-corrected chi connectivity index (χ3v) is 3.29. The topological polar surface area (TPSA) is 21.3 Å². The average molecular weight is 241 g/mol. The molecule has 0 spiro atoms. The SMILES string of the molecule is COc1ccc(NCc2cccc(C)c2C)cc1. The predicted molar refractivity (Wildman–Crippen MR) is 76.2 cm³/mol. The minimum Gasteiger partial charge on any atom is -0.497 e. The van der Waals surface area contributed by atoms with Gasteiger partial charge in [-0.1, -0.05) is 18.2 Å². The van der Waals surface area contributed by atoms with Crippen LogP contribution in [0.2, 0.25) is 0 Å². The monoisotopic (exact) mass is 241 g/mol. The maximum absolute atomic E-state index is 5.14. The number of benzene rings is 2. The maximum atomic E-state index is 5.14. The second-order valence-corrected chi connectivity index (χ2v) is 4.44. The van der Waals surface area contributed by atoms with Crippen molar-refractivity contribution in [3.8, 4) is 5.75 Å². The van der Waals surface area contributed by atoms with Gasteiger partial charge in [-0.2, -0.15) is 0 Å². The third-order valence-electron chi connectivity index (χ3n) is 3.29. The molecule has 18 heavy (non-hydrogen) atoms. The molecule has 2 aromatic rings. The Morgan fingerprint density at radius 3 is 2.39 bits per heavy atom. The van der Waals surface area contributed by atoms with E-state index in [0.717, 1.165) is 18.0 Å². The summed E-state index contributed by atoms with van der Waals surface area (Å²) in [5.41, 5.74) is 5.14. The number of methoxy groups -OCH3 is 1. The van der Waals surface area contributed by atoms with Crippen LogP contribution in [0.15, 0.2) is 42.5 Å². The number of anilines is 1. The molecule has 0 saturated heterocycles. The van der Waals surface area contributed by atoms with Crippen LogP contribution in [0, 0.1) is 13.8 Å². The molecule has 0 fully saturated rings. The van der Waals surface area contributed by atoms with Gasteiger partial charge in [0.2, 0.25) is 0 Å². The lowest BCUT2D eigenvalue weighted by Gasteiger charge is -2.11. The highest BCUT2D eigenvalue weighted by Gasteiger charge is 2.00. The maximum Gasteiger partial charge on any atom is 0.119 e. The van der Waals surface area contributed by atoms with Crippen molar-refractivity contribution < 1.29 is 4.74 Å². The summed E-state index contributed by atoms with van der Waals surface area (Å²) in [6, 6.07) is 14.4. The van der Waals surface area contributed by atoms with E-state index in [9.17, 15) is 0 Å². The highest BCUT2D eigenvalue weighted by molar-refractivity contribution is 5.47. The third kappa shape index (κ3) is 2.83. The van der Waals surface area contributed by atoms with Gasteiger partial charge in [0.15, 0.2) is 0 Å². The van der Waals surface area contributed by atoms with Gasteiger partial charge in [-0.25, -0.2) is 0 Å². The van der Waals surface area contributed by atoms with Crippen molar-refractivity contribution in [2.75, 3.05) is 12.4 Å². The van der Waals surface area contributed by atoms with Crippen LogP contribution in [0.5, 0.6) is 5.75 Å². The number of nitrogens with one attached hydrogen (secondary N) is 1. The number of aryl methyl sites for hydroxylation is 1. The molecular weight excluding hydrogens is 222 g/mol. The summed E-state index contributed by atoms with van der Waals surface area (Å²) >= 11 is 0. The molecule has 2 rings (SSSR count). The van der Waals surface area contributed by atoms with Crippen molar-refractivity contribution in [3.05, 3.63) is 59.2 Å². The Morgan fingerprint density at radius 1 is 1.00 bits per heavy atom. The van der Waals surface area contributed by atoms with Gasteiger partial charge in [0.25, 0.3) is 0 Å². The minimum absolute atomic E-state index is 0.847. The predicted octanol–water partition coefficient (Wildman–Crippen LogP) is 3.92. The van der Waals surface area contributed by atoms with Crippen LogP contribution in [-0.2, 0) is 6.54 Å². The lowest BCUT2D eigenvalue weighted by molar-refractivity contribution is 0.415. The van der Waals surface area contributed by atoms with Gasteiger partial charge in [0, 0.05) is 12.2 Å². The molecule has 0 aliphatic carbocycles. The Balaban J connectivity index is 2.04. The highest BCUT2D eigenvalue weighted by atomic mass is 16.5. The number of ether oxygens (including phenoxy) is 1. The molecule has 0 unspecified atom stereocenters. The van der Waals surface area contributed by atoms with Gasteiger partial charge in [-0.05, 0) is 54.8 Å². The van der Waals surface area contributed by atoms with Crippen LogP contribution in [0.3, 0.4) is 0 Å². The molecule has 0 aliphatic rings. The summed E-state index contributed by atoms with van der Waals surface area (Å²) in [5.74, 6) is 0.882. The van der Waals surface area contributed by atoms with Crippen LogP contribution < -0.4 is 10.1 Å². The van der Waals surface area contributed by atoms with Crippen molar-refractivity contribution in [2.45, 2.75) is 20.4 Å². The zero-order valence-corrected chi connectivity index (χ0v) is 11.2. The average Bonchev–Trinajstić information content (AvgIpc) is 2.41. The molecule has 0 atom stereocenters. The van der Waals surface area contributed by atoms with E-state index in [4.69, 9.17) is 4.74 Å². The molecule has 0 aromatic heterocycles. The summed E-state index contributed by atoms with van der Waals surface area (Å²) in [7, 11) is 1.68. The van der Waals surface area contributed by atoms with E-state index in [1.165, 1.54) is 16.7 Å². The molecule has 2 aromatic carbocycles. The molecule has 2 heteroatoms. The first-order chi connectivity index (χ1) is 8.70. The molecule has 0 bridgehead atoms. The van der Waals surface area contributed by atoms with Gasteiger partial charge < -0.3 is 10.1 Å². The van der Waals surface area contributed by atoms with E-state index in [1.54, 1.807) is 7.11 Å². The Labute approximate surface area is 109 Å². The Bertz CT molecular complexity index is 517. The second-order valence-electron chi connectivity index (χ2n) is 4.44. The quantitative estimate of drug-likeness (QED) is 0.875. The van der Waals surface area contributed by atoms with E-state index in [2.05, 4.69) is 37.4 Å². The molecule has 0 amide bonds. The lowest BCUT2D eigenvalue weighted by atomic mass is 10.0. The summed E-state index contributed by atoms with van der Waals surface area (Å²) in [6.07, 6.45) is 0. The molecule has 1 N–H and O–H groups in total. The first kappa shape index (κ1) is 12.5. The molecule has 94 valence electrons. The van der Waals surface area contributed by atoms with Gasteiger partial charge in [0.1, 0.15) is 5.75 Å². The van der Waals surface area contributed by atoms with E-state index in [-0.39, 0.29) is 0 Å². The van der Waals surface area contributed by atoms with Gasteiger partial charge in [-0.3, -0.25) is 0 Å². The van der Waals surface area contributed by atoms with E-state index < -0.39 is 0 Å². The Morgan fingerprint density at radius 2 is 1.72 bits per heavy atom. The molecule has 0 heterocycles. The van der Waals surface area contributed by atoms with Crippen molar-refractivity contribution in [3.63, 3.8) is 0 Å². The standard InChI is InChI=1S/C16H19NO/c1-12-5-4-6-14(13(12)2)11-17-15-7-9-16(18-3)10-8-15/h4-10,17H,11H2,1-3H3. The van der Waals surface area contributed by atoms with E-state index >= 15 is 0 Å². The minimum atomic E-state index is 0.847. The lowest BCUT2D eigenvalue weighted by Crippen LogP contribution is -2.02. The zero-order valence-electron chi connectivity index (χ0n) is 11.2. The van der Waals surface area contributed by atoms with Crippen LogP contribution in [-0.4, -0.2) is 7.11 Å². The Kier molecular flexibility index (Phi) is 3.88. The summed E-state index contributed by atoms with van der Waals surface area (Å²) < 4.78 is 5.14. The van der Waals surface area contributed by atoms with Crippen LogP contribution >= 0.6 is 0 Å². The van der Waals surface area contributed by atoms with Gasteiger partial charge >= 0.3 is 0 Å². The normalized spacial score (nSPS) is 10.2. The summed E-state index contributed by atoms with van der Waals surface area (Å²) in [6.45, 7) is 5.16. The van der Waals surface area contributed by atoms with Gasteiger partial charge in [0.05, 0.1) is 7.11 Å². The largest absolute Gasteiger partial charge is 0.497 e. The molecule has 0 radical (unpaired) electrons. The fourth-order valence-corrected chi connectivity index (χ4v) is 1.91. The highest BCUT2D eigenvalue weighted by Crippen LogP contribution is 2.17. The van der Waals surface area contributed by atoms with Crippen molar-refractivity contribution >= 4 is 5.69 Å². The first-order valence-electron chi connectivity index (χ1n) is 6.13. The smallest absolute Gasteiger partial charge is 0.119 e. The van der Waals surface area contributed by atoms with E-state index in [1.807, 2.05) is 24.3 Å². The van der Waals surface area contributed by atoms with Crippen LogP contribution in [0.4, 0.5) is 5.69 Å². The van der Waals surface area contributed by atoms with Crippen LogP contribution in [0.25, 0.3) is 0 Å². The van der Waals surface area contributed by atoms with Crippen molar-refractivity contribution in [1.82, 2.24) is 0 Å². The Hall–Kier alpha value is -1.96. The summed E-state index contributed by atoms with van der Waals surface area (Å²) in [5, 5.41) is 3.42. The van der Waals surface area contributed by atoms with Gasteiger partial charge in [-0.15, -0.1) is 0 Å².